The number of aromatic nitrogens is 1. The molecule has 2 N–H and O–H groups in total. The fourth-order valence-corrected chi connectivity index (χ4v) is 2.43. The van der Waals surface area contributed by atoms with Crippen LogP contribution in [0.3, 0.4) is 0 Å². The molecule has 1 heterocycles. The molecule has 0 radical (unpaired) electrons. The Morgan fingerprint density at radius 2 is 2.05 bits per heavy atom. The lowest BCUT2D eigenvalue weighted by molar-refractivity contribution is -0.168. The van der Waals surface area contributed by atoms with Gasteiger partial charge in [-0.3, -0.25) is 0 Å². The number of thiazole rings is 1. The van der Waals surface area contributed by atoms with E-state index in [-0.39, 0.29) is 12.5 Å². The number of nitrogens with zero attached hydrogens (tertiary/aromatic N) is 1. The van der Waals surface area contributed by atoms with Crippen LogP contribution in [0.4, 0.5) is 17.6 Å². The predicted octanol–water partition coefficient (Wildman–Crippen LogP) is 3.26. The van der Waals surface area contributed by atoms with Crippen LogP contribution in [0.5, 0.6) is 0 Å². The van der Waals surface area contributed by atoms with Gasteiger partial charge in [0, 0.05) is 17.8 Å². The van der Waals surface area contributed by atoms with E-state index in [0.29, 0.717) is 17.5 Å². The average molecular weight is 314 g/mol. The minimum Gasteiger partial charge on any atom is -0.368 e. The molecule has 20 heavy (non-hydrogen) atoms. The third kappa shape index (κ3) is 4.68. The number of alkyl halides is 4. The van der Waals surface area contributed by atoms with E-state index in [4.69, 9.17) is 5.73 Å². The van der Waals surface area contributed by atoms with Gasteiger partial charge in [-0.2, -0.15) is 8.78 Å². The highest BCUT2D eigenvalue weighted by Crippen LogP contribution is 2.26. The van der Waals surface area contributed by atoms with Gasteiger partial charge in [-0.15, -0.1) is 11.3 Å². The molecule has 1 atom stereocenters. The highest BCUT2D eigenvalue weighted by molar-refractivity contribution is 7.09. The Morgan fingerprint density at radius 1 is 1.40 bits per heavy atom. The second kappa shape index (κ2) is 7.33. The van der Waals surface area contributed by atoms with Crippen molar-refractivity contribution in [1.29, 1.82) is 0 Å². The van der Waals surface area contributed by atoms with Gasteiger partial charge in [0.2, 0.25) is 0 Å². The van der Waals surface area contributed by atoms with Crippen LogP contribution < -0.4 is 5.73 Å². The lowest BCUT2D eigenvalue weighted by atomic mass is 9.93. The molecule has 116 valence electrons. The molecule has 0 aliphatic heterocycles. The van der Waals surface area contributed by atoms with Gasteiger partial charge >= 0.3 is 12.3 Å². The number of nitrogens with two attached hydrogens (primary N) is 1. The maximum absolute atomic E-state index is 12.6. The Bertz CT molecular complexity index is 412. The molecule has 0 saturated carbocycles. The first-order chi connectivity index (χ1) is 9.27. The van der Waals surface area contributed by atoms with Gasteiger partial charge in [-0.25, -0.2) is 13.8 Å². The number of rotatable bonds is 8. The van der Waals surface area contributed by atoms with Crippen molar-refractivity contribution in [1.82, 2.24) is 4.98 Å². The summed E-state index contributed by atoms with van der Waals surface area (Å²) in [7, 11) is 0. The summed E-state index contributed by atoms with van der Waals surface area (Å²) >= 11 is 1.25. The van der Waals surface area contributed by atoms with Gasteiger partial charge in [0.05, 0.1) is 12.3 Å². The van der Waals surface area contributed by atoms with Gasteiger partial charge in [0.15, 0.2) is 0 Å². The van der Waals surface area contributed by atoms with Crippen molar-refractivity contribution in [3.05, 3.63) is 16.1 Å². The Morgan fingerprint density at radius 3 is 2.55 bits per heavy atom. The van der Waals surface area contributed by atoms with Crippen LogP contribution in [0.1, 0.15) is 30.5 Å². The number of halogens is 4. The van der Waals surface area contributed by atoms with E-state index in [1.807, 2.05) is 13.8 Å². The molecule has 0 spiro atoms. The van der Waals surface area contributed by atoms with E-state index >= 15 is 0 Å². The van der Waals surface area contributed by atoms with Crippen LogP contribution in [-0.4, -0.2) is 30.5 Å². The van der Waals surface area contributed by atoms with Crippen molar-refractivity contribution in [3.63, 3.8) is 0 Å². The summed E-state index contributed by atoms with van der Waals surface area (Å²) in [6.45, 7) is 2.93. The molecule has 0 aromatic carbocycles. The van der Waals surface area contributed by atoms with E-state index < -0.39 is 19.0 Å². The first-order valence-electron chi connectivity index (χ1n) is 6.16. The summed E-state index contributed by atoms with van der Waals surface area (Å²) in [5.74, 6) is -3.74. The molecule has 8 heteroatoms. The minimum atomic E-state index is -4.13. The topological polar surface area (TPSA) is 48.1 Å². The first-order valence-corrected chi connectivity index (χ1v) is 7.04. The van der Waals surface area contributed by atoms with Gasteiger partial charge in [0.1, 0.15) is 11.6 Å². The number of ether oxygens (including phenoxy) is 1. The van der Waals surface area contributed by atoms with Gasteiger partial charge in [-0.1, -0.05) is 13.8 Å². The van der Waals surface area contributed by atoms with E-state index in [0.717, 1.165) is 5.69 Å². The SMILES string of the molecule is CC(C)C(CN)c1csc(COCC(F)(F)C(F)F)n1. The summed E-state index contributed by atoms with van der Waals surface area (Å²) in [5.41, 5.74) is 6.44. The molecule has 0 bridgehead atoms. The first kappa shape index (κ1) is 17.3. The highest BCUT2D eigenvalue weighted by atomic mass is 32.1. The summed E-state index contributed by atoms with van der Waals surface area (Å²) in [5, 5.41) is 2.27. The van der Waals surface area contributed by atoms with Crippen molar-refractivity contribution in [3.8, 4) is 0 Å². The van der Waals surface area contributed by atoms with Gasteiger partial charge < -0.3 is 10.5 Å². The second-order valence-electron chi connectivity index (χ2n) is 4.81. The minimum absolute atomic E-state index is 0.0857. The number of hydrogen-bond donors (Lipinski definition) is 1. The van der Waals surface area contributed by atoms with Crippen molar-refractivity contribution < 1.29 is 22.3 Å². The lowest BCUT2D eigenvalue weighted by Gasteiger charge is -2.16. The highest BCUT2D eigenvalue weighted by Gasteiger charge is 2.41. The van der Waals surface area contributed by atoms with Crippen molar-refractivity contribution in [2.45, 2.75) is 38.7 Å². The average Bonchev–Trinajstić information content (AvgIpc) is 2.77. The van der Waals surface area contributed by atoms with Crippen LogP contribution in [-0.2, 0) is 11.3 Å². The van der Waals surface area contributed by atoms with Crippen molar-refractivity contribution in [2.24, 2.45) is 11.7 Å². The van der Waals surface area contributed by atoms with E-state index in [1.54, 1.807) is 5.38 Å². The Kier molecular flexibility index (Phi) is 6.35. The second-order valence-corrected chi connectivity index (χ2v) is 5.75. The van der Waals surface area contributed by atoms with Gasteiger partial charge in [-0.05, 0) is 5.92 Å². The predicted molar refractivity (Wildman–Crippen MR) is 69.4 cm³/mol. The molecule has 1 rings (SSSR count). The van der Waals surface area contributed by atoms with E-state index in [2.05, 4.69) is 9.72 Å². The van der Waals surface area contributed by atoms with Crippen LogP contribution in [0.2, 0.25) is 0 Å². The molecular formula is C12H18F4N2OS. The van der Waals surface area contributed by atoms with Gasteiger partial charge in [0.25, 0.3) is 0 Å². The van der Waals surface area contributed by atoms with Crippen molar-refractivity contribution >= 4 is 11.3 Å². The number of hydrogen-bond acceptors (Lipinski definition) is 4. The normalized spacial score (nSPS) is 14.2. The molecule has 0 fully saturated rings. The zero-order valence-electron chi connectivity index (χ0n) is 11.3. The fraction of sp³-hybridized carbons (Fsp3) is 0.750. The lowest BCUT2D eigenvalue weighted by Crippen LogP contribution is -2.32. The third-order valence-corrected chi connectivity index (χ3v) is 3.69. The molecule has 0 amide bonds. The quantitative estimate of drug-likeness (QED) is 0.749. The maximum atomic E-state index is 12.6. The largest absolute Gasteiger partial charge is 0.368 e. The van der Waals surface area contributed by atoms with E-state index in [9.17, 15) is 17.6 Å². The summed E-state index contributed by atoms with van der Waals surface area (Å²) in [6.07, 6.45) is -3.73. The monoisotopic (exact) mass is 314 g/mol. The van der Waals surface area contributed by atoms with Crippen LogP contribution in [0.15, 0.2) is 5.38 Å². The molecule has 1 aromatic heterocycles. The molecule has 0 aliphatic rings. The molecule has 3 nitrogen and oxygen atoms in total. The molecular weight excluding hydrogens is 296 g/mol. The van der Waals surface area contributed by atoms with Crippen LogP contribution >= 0.6 is 11.3 Å². The Labute approximate surface area is 119 Å². The molecule has 1 aromatic rings. The smallest absolute Gasteiger partial charge is 0.330 e. The molecule has 0 saturated heterocycles. The zero-order chi connectivity index (χ0) is 15.3. The van der Waals surface area contributed by atoms with Crippen molar-refractivity contribution in [2.75, 3.05) is 13.2 Å². The third-order valence-electron chi connectivity index (χ3n) is 2.85. The molecule has 1 unspecified atom stereocenters. The summed E-state index contributed by atoms with van der Waals surface area (Å²) in [6, 6.07) is 0. The standard InChI is InChI=1S/C12H18F4N2OS/c1-7(2)8(3-17)9-5-20-10(18-9)4-19-6-12(15,16)11(13)14/h5,7-8,11H,3-4,6,17H2,1-2H3. The maximum Gasteiger partial charge on any atom is 0.330 e. The summed E-state index contributed by atoms with van der Waals surface area (Å²) < 4.78 is 53.7. The molecule has 0 aliphatic carbocycles. The van der Waals surface area contributed by atoms with E-state index in [1.165, 1.54) is 11.3 Å². The Balaban J connectivity index is 2.53. The van der Waals surface area contributed by atoms with Crippen LogP contribution in [0, 0.1) is 5.92 Å². The van der Waals surface area contributed by atoms with Crippen LogP contribution in [0.25, 0.3) is 0 Å². The Hall–Kier alpha value is -0.730. The fourth-order valence-electron chi connectivity index (χ4n) is 1.63. The zero-order valence-corrected chi connectivity index (χ0v) is 12.1. The summed E-state index contributed by atoms with van der Waals surface area (Å²) in [4.78, 5) is 4.25.